The number of nitrogens with two attached hydrogens (primary N) is 1. The van der Waals surface area contributed by atoms with Gasteiger partial charge in [0, 0.05) is 14.1 Å². The zero-order valence-electron chi connectivity index (χ0n) is 5.83. The number of thiocarbonyl (C=S) groups is 1. The maximum Gasteiger partial charge on any atom is 0.203 e. The smallest absolute Gasteiger partial charge is 0.203 e. The third-order valence-corrected chi connectivity index (χ3v) is 1.63. The number of hydrogen-bond donors (Lipinski definition) is 1. The van der Waals surface area contributed by atoms with E-state index < -0.39 is 0 Å². The second kappa shape index (κ2) is 2.34. The van der Waals surface area contributed by atoms with Crippen LogP contribution in [0.1, 0.15) is 0 Å². The lowest BCUT2D eigenvalue weighted by Crippen LogP contribution is -2.32. The highest BCUT2D eigenvalue weighted by Crippen LogP contribution is 2.01. The molecule has 1 heterocycles. The zero-order valence-corrected chi connectivity index (χ0v) is 6.64. The largest absolute Gasteiger partial charge is 0.381 e. The summed E-state index contributed by atoms with van der Waals surface area (Å²) in [5.74, 6) is 1.04. The van der Waals surface area contributed by atoms with Gasteiger partial charge in [0.25, 0.3) is 0 Å². The normalized spacial score (nSPS) is 22.2. The summed E-state index contributed by atoms with van der Waals surface area (Å²) in [5, 5.41) is 0.470. The van der Waals surface area contributed by atoms with Gasteiger partial charge in [0.05, 0.1) is 0 Å². The molecule has 1 aliphatic heterocycles. The molecule has 0 fully saturated rings. The summed E-state index contributed by atoms with van der Waals surface area (Å²) in [6, 6.07) is 0. The van der Waals surface area contributed by atoms with Crippen LogP contribution in [0.4, 0.5) is 0 Å². The molecule has 0 aromatic carbocycles. The Balaban J connectivity index is 3.00. The molecule has 0 unspecified atom stereocenters. The Bertz CT molecular complexity index is 230. The van der Waals surface area contributed by atoms with Crippen molar-refractivity contribution >= 4 is 29.0 Å². The molecule has 54 valence electrons. The summed E-state index contributed by atoms with van der Waals surface area (Å²) in [5.41, 5.74) is 5.46. The van der Waals surface area contributed by atoms with Crippen molar-refractivity contribution in [3.05, 3.63) is 0 Å². The number of likely N-dealkylation sites (N-methyl/N-ethyl adjacent to an activating group) is 1. The number of nitrogens with zero attached hydrogens (tertiary/aromatic N) is 3. The van der Waals surface area contributed by atoms with E-state index in [1.807, 2.05) is 0 Å². The van der Waals surface area contributed by atoms with Gasteiger partial charge in [0.2, 0.25) is 5.11 Å². The van der Waals surface area contributed by atoms with Crippen molar-refractivity contribution in [2.75, 3.05) is 14.1 Å². The summed E-state index contributed by atoms with van der Waals surface area (Å²) >= 11 is 4.84. The monoisotopic (exact) mass is 156 g/mol. The van der Waals surface area contributed by atoms with E-state index in [9.17, 15) is 0 Å². The van der Waals surface area contributed by atoms with Crippen LogP contribution >= 0.6 is 12.2 Å². The van der Waals surface area contributed by atoms with E-state index in [0.29, 0.717) is 16.8 Å². The van der Waals surface area contributed by atoms with Gasteiger partial charge in [-0.15, -0.1) is 0 Å². The van der Waals surface area contributed by atoms with Crippen molar-refractivity contribution < 1.29 is 0 Å². The zero-order chi connectivity index (χ0) is 7.72. The minimum atomic E-state index is 0.398. The van der Waals surface area contributed by atoms with Gasteiger partial charge in [-0.05, 0) is 12.2 Å². The van der Waals surface area contributed by atoms with E-state index in [1.54, 1.807) is 19.0 Å². The summed E-state index contributed by atoms with van der Waals surface area (Å²) in [4.78, 5) is 9.41. The molecule has 0 saturated carbocycles. The van der Waals surface area contributed by atoms with Crippen LogP contribution in [-0.2, 0) is 0 Å². The van der Waals surface area contributed by atoms with E-state index in [4.69, 9.17) is 18.0 Å². The van der Waals surface area contributed by atoms with Crippen molar-refractivity contribution in [2.45, 2.75) is 0 Å². The fourth-order valence-electron chi connectivity index (χ4n) is 0.755. The van der Waals surface area contributed by atoms with Crippen LogP contribution < -0.4 is 5.73 Å². The van der Waals surface area contributed by atoms with E-state index in [1.165, 1.54) is 0 Å². The number of hydrogen-bond acceptors (Lipinski definition) is 3. The van der Waals surface area contributed by atoms with Gasteiger partial charge in [-0.2, -0.15) is 4.99 Å². The number of amidine groups is 2. The molecular weight excluding hydrogens is 148 g/mol. The summed E-state index contributed by atoms with van der Waals surface area (Å²) < 4.78 is 0. The van der Waals surface area contributed by atoms with Crippen LogP contribution in [0.2, 0.25) is 0 Å². The SMILES string of the molecule is CN=C1C(N)=NC(=S)N1C. The molecule has 1 rings (SSSR count). The molecule has 10 heavy (non-hydrogen) atoms. The molecule has 5 heteroatoms. The molecule has 0 radical (unpaired) electrons. The maximum atomic E-state index is 5.46. The lowest BCUT2D eigenvalue weighted by Gasteiger charge is -2.08. The molecule has 0 atom stereocenters. The quantitative estimate of drug-likeness (QED) is 0.486. The molecule has 0 aromatic rings. The molecular formula is C5H8N4S. The fourth-order valence-corrected chi connectivity index (χ4v) is 0.940. The van der Waals surface area contributed by atoms with Crippen LogP contribution in [0.15, 0.2) is 9.98 Å². The van der Waals surface area contributed by atoms with Crippen molar-refractivity contribution in [3.8, 4) is 0 Å². The third-order valence-electron chi connectivity index (χ3n) is 1.26. The predicted molar refractivity (Wildman–Crippen MR) is 45.3 cm³/mol. The van der Waals surface area contributed by atoms with Gasteiger partial charge >= 0.3 is 0 Å². The van der Waals surface area contributed by atoms with E-state index in [-0.39, 0.29) is 0 Å². The fraction of sp³-hybridized carbons (Fsp3) is 0.400. The van der Waals surface area contributed by atoms with Gasteiger partial charge in [0.1, 0.15) is 0 Å². The van der Waals surface area contributed by atoms with Crippen LogP contribution in [0.3, 0.4) is 0 Å². The van der Waals surface area contributed by atoms with Crippen LogP contribution in [-0.4, -0.2) is 35.8 Å². The molecule has 0 aliphatic carbocycles. The van der Waals surface area contributed by atoms with Crippen molar-refractivity contribution in [3.63, 3.8) is 0 Å². The topological polar surface area (TPSA) is 54.0 Å². The Kier molecular flexibility index (Phi) is 1.67. The molecule has 0 saturated heterocycles. The molecule has 0 amide bonds. The van der Waals surface area contributed by atoms with Gasteiger partial charge in [-0.3, -0.25) is 4.99 Å². The maximum absolute atomic E-state index is 5.46. The lowest BCUT2D eigenvalue weighted by molar-refractivity contribution is 0.780. The Labute approximate surface area is 64.4 Å². The number of rotatable bonds is 0. The van der Waals surface area contributed by atoms with Gasteiger partial charge < -0.3 is 10.6 Å². The van der Waals surface area contributed by atoms with Gasteiger partial charge in [-0.25, -0.2) is 0 Å². The second-order valence-electron chi connectivity index (χ2n) is 1.89. The molecule has 0 spiro atoms. The first-order valence-corrected chi connectivity index (χ1v) is 3.16. The van der Waals surface area contributed by atoms with Crippen molar-refractivity contribution in [2.24, 2.45) is 15.7 Å². The molecule has 1 aliphatic rings. The average Bonchev–Trinajstić information content (AvgIpc) is 2.09. The summed E-state index contributed by atoms with van der Waals surface area (Å²) in [7, 11) is 3.44. The van der Waals surface area contributed by atoms with Crippen LogP contribution in [0, 0.1) is 0 Å². The Hall–Kier alpha value is -0.970. The standard InChI is InChI=1S/C5H8N4S/c1-7-4-3(6)8-5(10)9(4)2/h1-2H3,(H2,6,8,10). The second-order valence-corrected chi connectivity index (χ2v) is 2.25. The average molecular weight is 156 g/mol. The minimum Gasteiger partial charge on any atom is -0.381 e. The van der Waals surface area contributed by atoms with E-state index in [2.05, 4.69) is 9.98 Å². The van der Waals surface area contributed by atoms with Gasteiger partial charge in [0.15, 0.2) is 11.7 Å². The Morgan fingerprint density at radius 2 is 2.30 bits per heavy atom. The third kappa shape index (κ3) is 0.881. The Morgan fingerprint density at radius 1 is 1.70 bits per heavy atom. The first-order chi connectivity index (χ1) is 4.66. The highest BCUT2D eigenvalue weighted by atomic mass is 32.1. The van der Waals surface area contributed by atoms with E-state index in [0.717, 1.165) is 0 Å². The van der Waals surface area contributed by atoms with E-state index >= 15 is 0 Å². The highest BCUT2D eigenvalue weighted by molar-refractivity contribution is 7.80. The molecule has 4 nitrogen and oxygen atoms in total. The number of aliphatic imine (C=N–C) groups is 2. The molecule has 0 aromatic heterocycles. The molecule has 2 N–H and O–H groups in total. The predicted octanol–water partition coefficient (Wildman–Crippen LogP) is -0.398. The van der Waals surface area contributed by atoms with Crippen LogP contribution in [0.25, 0.3) is 0 Å². The highest BCUT2D eigenvalue weighted by Gasteiger charge is 2.21. The van der Waals surface area contributed by atoms with Gasteiger partial charge in [-0.1, -0.05) is 0 Å². The van der Waals surface area contributed by atoms with Crippen molar-refractivity contribution in [1.82, 2.24) is 4.90 Å². The first-order valence-electron chi connectivity index (χ1n) is 2.76. The Morgan fingerprint density at radius 3 is 2.50 bits per heavy atom. The summed E-state index contributed by atoms with van der Waals surface area (Å²) in [6.07, 6.45) is 0. The lowest BCUT2D eigenvalue weighted by atomic mass is 10.5. The summed E-state index contributed by atoms with van der Waals surface area (Å²) in [6.45, 7) is 0. The minimum absolute atomic E-state index is 0.398. The van der Waals surface area contributed by atoms with Crippen molar-refractivity contribution in [1.29, 1.82) is 0 Å². The van der Waals surface area contributed by atoms with Crippen LogP contribution in [0.5, 0.6) is 0 Å². The molecule has 0 bridgehead atoms. The first kappa shape index (κ1) is 7.14.